The molecule has 1 fully saturated rings. The zero-order valence-electron chi connectivity index (χ0n) is 7.89. The molecule has 15 heavy (non-hydrogen) atoms. The number of morpholine rings is 1. The molecule has 1 aliphatic heterocycles. The first kappa shape index (κ1) is 11.5. The second-order valence-corrected chi connectivity index (χ2v) is 3.22. The van der Waals surface area contributed by atoms with Crippen LogP contribution in [0.25, 0.3) is 4.98 Å². The highest BCUT2D eigenvalue weighted by Gasteiger charge is 2.12. The predicted molar refractivity (Wildman–Crippen MR) is 65.6 cm³/mol. The summed E-state index contributed by atoms with van der Waals surface area (Å²) in [6.45, 7) is 3.42. The highest BCUT2D eigenvalue weighted by atomic mass is 16.5. The minimum atomic E-state index is 0. The lowest BCUT2D eigenvalue weighted by atomic mass is 10.2. The maximum Gasteiger partial charge on any atom is 0.385 e. The molecule has 80 valence electrons. The van der Waals surface area contributed by atoms with Gasteiger partial charge in [-0.05, 0) is 12.1 Å². The zero-order valence-corrected chi connectivity index (χ0v) is 7.89. The van der Waals surface area contributed by atoms with Gasteiger partial charge in [-0.25, -0.2) is 0 Å². The van der Waals surface area contributed by atoms with Crippen LogP contribution in [0.3, 0.4) is 0 Å². The molecule has 2 rings (SSSR count). The van der Waals surface area contributed by atoms with Crippen LogP contribution in [0.4, 0.5) is 11.4 Å². The van der Waals surface area contributed by atoms with Crippen LogP contribution in [0.15, 0.2) is 24.3 Å². The van der Waals surface area contributed by atoms with Crippen molar-refractivity contribution in [3.05, 3.63) is 29.2 Å². The van der Waals surface area contributed by atoms with Gasteiger partial charge < -0.3 is 9.64 Å². The Balaban J connectivity index is 0.00000112. The molecule has 0 N–H and O–H groups in total. The Kier molecular flexibility index (Phi) is 4.13. The van der Waals surface area contributed by atoms with Gasteiger partial charge in [-0.1, -0.05) is 8.41 Å². The van der Waals surface area contributed by atoms with Crippen molar-refractivity contribution in [2.45, 2.75) is 0 Å². The number of rotatable bonds is 1. The molecular weight excluding hydrogens is 189 g/mol. The number of benzene rings is 1. The van der Waals surface area contributed by atoms with E-state index < -0.39 is 0 Å². The van der Waals surface area contributed by atoms with Crippen LogP contribution in [0.2, 0.25) is 0 Å². The van der Waals surface area contributed by atoms with Gasteiger partial charge in [-0.3, -0.25) is 0 Å². The highest BCUT2D eigenvalue weighted by Crippen LogP contribution is 2.20. The number of ether oxygens (including phenoxy) is 1. The molecule has 1 aliphatic rings. The van der Waals surface area contributed by atoms with Gasteiger partial charge in [0.1, 0.15) is 0 Å². The highest BCUT2D eigenvalue weighted by molar-refractivity contribution is 5.75. The van der Waals surface area contributed by atoms with E-state index in [1.54, 1.807) is 12.1 Å². The summed E-state index contributed by atoms with van der Waals surface area (Å²) in [4.78, 5) is 5.37. The molecule has 0 aromatic heterocycles. The first-order valence-corrected chi connectivity index (χ1v) is 4.68. The Morgan fingerprint density at radius 1 is 1.13 bits per heavy atom. The van der Waals surface area contributed by atoms with Gasteiger partial charge in [-0.15, -0.1) is 0 Å². The number of anilines is 1. The standard InChI is InChI=1S/C10H12N3O.BH4/c11-12-9-1-3-10(4-2-9)13-5-7-14-8-6-13;/h1-4H,5-8H2;1H4/q+1;-1. The van der Waals surface area contributed by atoms with Gasteiger partial charge in [0.25, 0.3) is 0 Å². The van der Waals surface area contributed by atoms with E-state index in [1.807, 2.05) is 12.1 Å². The van der Waals surface area contributed by atoms with E-state index in [2.05, 4.69) is 9.88 Å². The molecule has 0 radical (unpaired) electrons. The molecule has 0 spiro atoms. The van der Waals surface area contributed by atoms with Crippen LogP contribution in [-0.2, 0) is 4.74 Å². The van der Waals surface area contributed by atoms with Gasteiger partial charge in [-0.2, -0.15) is 0 Å². The van der Waals surface area contributed by atoms with E-state index in [1.165, 1.54) is 0 Å². The summed E-state index contributed by atoms with van der Waals surface area (Å²) in [6, 6.07) is 7.51. The van der Waals surface area contributed by atoms with Crippen molar-refractivity contribution in [2.24, 2.45) is 0 Å². The summed E-state index contributed by atoms with van der Waals surface area (Å²) in [6.07, 6.45) is 0. The second-order valence-electron chi connectivity index (χ2n) is 3.22. The van der Waals surface area contributed by atoms with Crippen molar-refractivity contribution in [3.8, 4) is 0 Å². The van der Waals surface area contributed by atoms with Crippen LogP contribution in [0, 0.1) is 5.39 Å². The summed E-state index contributed by atoms with van der Waals surface area (Å²) >= 11 is 0. The molecule has 4 nitrogen and oxygen atoms in total. The predicted octanol–water partition coefficient (Wildman–Crippen LogP) is 0.556. The maximum absolute atomic E-state index is 8.53. The molecule has 0 bridgehead atoms. The number of diazo groups is 1. The molecule has 1 aromatic carbocycles. The Morgan fingerprint density at radius 2 is 1.73 bits per heavy atom. The number of nitrogens with zero attached hydrogens (tertiary/aromatic N) is 3. The molecule has 0 aliphatic carbocycles. The Bertz CT molecular complexity index is 341. The van der Waals surface area contributed by atoms with E-state index in [0.29, 0.717) is 5.69 Å². The SMILES string of the molecule is N#[N+]c1ccc(N2CCOCC2)cc1.[BH4-]. The summed E-state index contributed by atoms with van der Waals surface area (Å²) in [7, 11) is 0. The first-order valence-electron chi connectivity index (χ1n) is 4.68. The maximum atomic E-state index is 8.53. The van der Waals surface area contributed by atoms with Crippen molar-refractivity contribution in [2.75, 3.05) is 31.2 Å². The van der Waals surface area contributed by atoms with Gasteiger partial charge in [0, 0.05) is 30.9 Å². The Labute approximate surface area is 91.0 Å². The van der Waals surface area contributed by atoms with Gasteiger partial charge in [0.2, 0.25) is 5.39 Å². The lowest BCUT2D eigenvalue weighted by Crippen LogP contribution is -2.36. The van der Waals surface area contributed by atoms with Crippen molar-refractivity contribution in [1.29, 1.82) is 5.39 Å². The lowest BCUT2D eigenvalue weighted by molar-refractivity contribution is 0.122. The van der Waals surface area contributed by atoms with Gasteiger partial charge >= 0.3 is 5.69 Å². The number of hydrogen-bond donors (Lipinski definition) is 0. The lowest BCUT2D eigenvalue weighted by Gasteiger charge is -2.28. The molecular formula is C10H16BN3O. The fourth-order valence-corrected chi connectivity index (χ4v) is 1.55. The van der Waals surface area contributed by atoms with Gasteiger partial charge in [0.15, 0.2) is 4.98 Å². The van der Waals surface area contributed by atoms with Crippen LogP contribution >= 0.6 is 0 Å². The van der Waals surface area contributed by atoms with E-state index in [4.69, 9.17) is 10.1 Å². The van der Waals surface area contributed by atoms with Crippen molar-refractivity contribution < 1.29 is 4.74 Å². The van der Waals surface area contributed by atoms with Crippen molar-refractivity contribution >= 4 is 19.8 Å². The smallest absolute Gasteiger partial charge is 0.378 e. The summed E-state index contributed by atoms with van der Waals surface area (Å²) < 4.78 is 5.27. The largest absolute Gasteiger partial charge is 0.385 e. The fourth-order valence-electron chi connectivity index (χ4n) is 1.55. The normalized spacial score (nSPS) is 15.3. The first-order chi connectivity index (χ1) is 6.90. The van der Waals surface area contributed by atoms with Crippen LogP contribution in [-0.4, -0.2) is 34.7 Å². The average molecular weight is 205 g/mol. The van der Waals surface area contributed by atoms with Gasteiger partial charge in [0.05, 0.1) is 13.2 Å². The Hall–Kier alpha value is -1.54. The third kappa shape index (κ3) is 2.70. The minimum Gasteiger partial charge on any atom is -0.378 e. The van der Waals surface area contributed by atoms with Crippen molar-refractivity contribution in [1.82, 2.24) is 0 Å². The molecule has 0 unspecified atom stereocenters. The molecule has 0 atom stereocenters. The second kappa shape index (κ2) is 5.37. The fraction of sp³-hybridized carbons (Fsp3) is 0.400. The zero-order chi connectivity index (χ0) is 9.80. The average Bonchev–Trinajstić information content (AvgIpc) is 2.30. The number of hydrogen-bond acceptors (Lipinski definition) is 3. The molecule has 1 heterocycles. The quantitative estimate of drug-likeness (QED) is 0.496. The van der Waals surface area contributed by atoms with Crippen LogP contribution in [0.1, 0.15) is 0 Å². The molecule has 1 aromatic rings. The summed E-state index contributed by atoms with van der Waals surface area (Å²) in [5.41, 5.74) is 1.74. The molecule has 1 saturated heterocycles. The van der Waals surface area contributed by atoms with E-state index in [9.17, 15) is 0 Å². The molecule has 0 saturated carbocycles. The summed E-state index contributed by atoms with van der Waals surface area (Å²) in [5, 5.41) is 8.53. The molecule has 5 heteroatoms. The summed E-state index contributed by atoms with van der Waals surface area (Å²) in [5.74, 6) is 0. The van der Waals surface area contributed by atoms with Crippen molar-refractivity contribution in [3.63, 3.8) is 0 Å². The van der Waals surface area contributed by atoms with Crippen LogP contribution in [0.5, 0.6) is 0 Å². The molecule has 0 amide bonds. The third-order valence-electron chi connectivity index (χ3n) is 2.34. The Morgan fingerprint density at radius 3 is 2.27 bits per heavy atom. The third-order valence-corrected chi connectivity index (χ3v) is 2.34. The van der Waals surface area contributed by atoms with E-state index >= 15 is 0 Å². The van der Waals surface area contributed by atoms with E-state index in [0.717, 1.165) is 32.0 Å². The van der Waals surface area contributed by atoms with E-state index in [-0.39, 0.29) is 8.41 Å². The minimum absolute atomic E-state index is 0. The van der Waals surface area contributed by atoms with Crippen LogP contribution < -0.4 is 4.90 Å². The topological polar surface area (TPSA) is 40.6 Å². The monoisotopic (exact) mass is 205 g/mol.